The molecule has 0 saturated heterocycles. The maximum Gasteiger partial charge on any atom is 0.356 e. The third-order valence-corrected chi connectivity index (χ3v) is 2.41. The van der Waals surface area contributed by atoms with E-state index in [4.69, 9.17) is 9.47 Å². The van der Waals surface area contributed by atoms with E-state index < -0.39 is 5.97 Å². The van der Waals surface area contributed by atoms with Gasteiger partial charge in [-0.2, -0.15) is 0 Å². The van der Waals surface area contributed by atoms with E-state index in [1.165, 1.54) is 0 Å². The average molecular weight is 231 g/mol. The number of methoxy groups -OCH3 is 1. The van der Waals surface area contributed by atoms with Gasteiger partial charge in [-0.3, -0.25) is 0 Å². The fourth-order valence-electron chi connectivity index (χ4n) is 1.56. The average Bonchev–Trinajstić information content (AvgIpc) is 2.37. The largest absolute Gasteiger partial charge is 0.497 e. The van der Waals surface area contributed by atoms with Gasteiger partial charge in [-0.1, -0.05) is 6.07 Å². The van der Waals surface area contributed by atoms with Gasteiger partial charge < -0.3 is 9.47 Å². The molecule has 1 aromatic heterocycles. The van der Waals surface area contributed by atoms with Crippen LogP contribution in [0.25, 0.3) is 10.8 Å². The second-order valence-electron chi connectivity index (χ2n) is 3.50. The fraction of sp³-hybridized carbons (Fsp3) is 0.231. The van der Waals surface area contributed by atoms with Gasteiger partial charge in [-0.15, -0.1) is 0 Å². The number of hydrogen-bond donors (Lipinski definition) is 0. The molecule has 2 aromatic rings. The molecule has 1 heterocycles. The van der Waals surface area contributed by atoms with Crippen LogP contribution in [0.1, 0.15) is 17.4 Å². The zero-order valence-corrected chi connectivity index (χ0v) is 9.77. The van der Waals surface area contributed by atoms with Crippen LogP contribution in [0.3, 0.4) is 0 Å². The number of ether oxygens (including phenoxy) is 2. The molecule has 88 valence electrons. The first-order chi connectivity index (χ1) is 8.24. The molecule has 0 radical (unpaired) electrons. The molecule has 0 fully saturated rings. The molecule has 0 N–H and O–H groups in total. The first kappa shape index (κ1) is 11.4. The van der Waals surface area contributed by atoms with Gasteiger partial charge in [0.1, 0.15) is 11.4 Å². The topological polar surface area (TPSA) is 48.4 Å². The zero-order chi connectivity index (χ0) is 12.3. The van der Waals surface area contributed by atoms with Crippen molar-refractivity contribution in [3.63, 3.8) is 0 Å². The van der Waals surface area contributed by atoms with Gasteiger partial charge in [0.05, 0.1) is 13.7 Å². The van der Waals surface area contributed by atoms with Crippen LogP contribution < -0.4 is 4.74 Å². The van der Waals surface area contributed by atoms with Gasteiger partial charge in [-0.05, 0) is 30.5 Å². The number of rotatable bonds is 3. The summed E-state index contributed by atoms with van der Waals surface area (Å²) in [6.07, 6.45) is 1.64. The molecule has 0 aliphatic rings. The summed E-state index contributed by atoms with van der Waals surface area (Å²) in [5.41, 5.74) is 0.324. The number of hydrogen-bond acceptors (Lipinski definition) is 4. The Kier molecular flexibility index (Phi) is 3.23. The Balaban J connectivity index is 2.41. The summed E-state index contributed by atoms with van der Waals surface area (Å²) in [6.45, 7) is 2.12. The van der Waals surface area contributed by atoms with Crippen molar-refractivity contribution in [3.05, 3.63) is 36.2 Å². The molecule has 0 unspecified atom stereocenters. The molecule has 17 heavy (non-hydrogen) atoms. The lowest BCUT2D eigenvalue weighted by Crippen LogP contribution is -2.06. The molecule has 0 atom stereocenters. The first-order valence-corrected chi connectivity index (χ1v) is 5.35. The molecule has 0 saturated carbocycles. The maximum atomic E-state index is 11.5. The molecule has 4 nitrogen and oxygen atoms in total. The summed E-state index contributed by atoms with van der Waals surface area (Å²) in [7, 11) is 1.61. The molecular formula is C13H13NO3. The van der Waals surface area contributed by atoms with E-state index in [0.29, 0.717) is 12.3 Å². The quantitative estimate of drug-likeness (QED) is 0.761. The Labute approximate surface area is 99.2 Å². The fourth-order valence-corrected chi connectivity index (χ4v) is 1.56. The van der Waals surface area contributed by atoms with E-state index in [0.717, 1.165) is 16.5 Å². The Hall–Kier alpha value is -2.10. The molecule has 0 amide bonds. The van der Waals surface area contributed by atoms with E-state index in [1.54, 1.807) is 26.3 Å². The van der Waals surface area contributed by atoms with Crippen molar-refractivity contribution >= 4 is 16.7 Å². The van der Waals surface area contributed by atoms with Crippen molar-refractivity contribution in [3.8, 4) is 5.75 Å². The number of carbonyl (C=O) groups excluding carboxylic acids is 1. The van der Waals surface area contributed by atoms with Crippen molar-refractivity contribution in [1.82, 2.24) is 4.98 Å². The van der Waals surface area contributed by atoms with E-state index in [9.17, 15) is 4.79 Å². The summed E-state index contributed by atoms with van der Waals surface area (Å²) in [5.74, 6) is 0.369. The van der Waals surface area contributed by atoms with Gasteiger partial charge in [0.15, 0.2) is 0 Å². The lowest BCUT2D eigenvalue weighted by molar-refractivity contribution is 0.0520. The highest BCUT2D eigenvalue weighted by Crippen LogP contribution is 2.20. The summed E-state index contributed by atoms with van der Waals surface area (Å²) >= 11 is 0. The molecule has 2 rings (SSSR count). The molecule has 0 aliphatic carbocycles. The van der Waals surface area contributed by atoms with Crippen LogP contribution in [-0.2, 0) is 4.74 Å². The highest BCUT2D eigenvalue weighted by molar-refractivity contribution is 5.93. The minimum absolute atomic E-state index is 0.324. The highest BCUT2D eigenvalue weighted by atomic mass is 16.5. The first-order valence-electron chi connectivity index (χ1n) is 5.35. The van der Waals surface area contributed by atoms with Gasteiger partial charge in [-0.25, -0.2) is 9.78 Å². The third kappa shape index (κ3) is 2.36. The monoisotopic (exact) mass is 231 g/mol. The summed E-state index contributed by atoms with van der Waals surface area (Å²) in [4.78, 5) is 15.6. The Morgan fingerprint density at radius 2 is 2.12 bits per heavy atom. The van der Waals surface area contributed by atoms with Crippen LogP contribution in [0.4, 0.5) is 0 Å². The number of fused-ring (bicyclic) bond motifs is 1. The van der Waals surface area contributed by atoms with Crippen molar-refractivity contribution in [2.45, 2.75) is 6.92 Å². The van der Waals surface area contributed by atoms with Gasteiger partial charge in [0.2, 0.25) is 0 Å². The predicted octanol–water partition coefficient (Wildman–Crippen LogP) is 2.42. The number of pyridine rings is 1. The molecule has 4 heteroatoms. The van der Waals surface area contributed by atoms with Crippen molar-refractivity contribution in [2.24, 2.45) is 0 Å². The minimum atomic E-state index is -0.398. The lowest BCUT2D eigenvalue weighted by atomic mass is 10.1. The Morgan fingerprint density at radius 3 is 2.82 bits per heavy atom. The summed E-state index contributed by atoms with van der Waals surface area (Å²) < 4.78 is 10.0. The van der Waals surface area contributed by atoms with Crippen LogP contribution in [0.2, 0.25) is 0 Å². The van der Waals surface area contributed by atoms with Crippen molar-refractivity contribution in [2.75, 3.05) is 13.7 Å². The number of aromatic nitrogens is 1. The molecule has 0 aliphatic heterocycles. The number of benzene rings is 1. The lowest BCUT2D eigenvalue weighted by Gasteiger charge is -2.04. The van der Waals surface area contributed by atoms with Crippen LogP contribution in [0.5, 0.6) is 5.75 Å². The van der Waals surface area contributed by atoms with Gasteiger partial charge in [0.25, 0.3) is 0 Å². The maximum absolute atomic E-state index is 11.5. The van der Waals surface area contributed by atoms with E-state index >= 15 is 0 Å². The Morgan fingerprint density at radius 1 is 1.29 bits per heavy atom. The van der Waals surface area contributed by atoms with E-state index in [2.05, 4.69) is 4.98 Å². The van der Waals surface area contributed by atoms with Crippen LogP contribution in [0, 0.1) is 0 Å². The molecule has 0 spiro atoms. The van der Waals surface area contributed by atoms with Crippen LogP contribution >= 0.6 is 0 Å². The number of nitrogens with zero attached hydrogens (tertiary/aromatic N) is 1. The Bertz CT molecular complexity index is 551. The standard InChI is InChI=1S/C13H13NO3/c1-3-17-13(15)12-7-9-4-5-11(16-2)6-10(9)8-14-12/h4-8H,3H2,1-2H3. The summed E-state index contributed by atoms with van der Waals surface area (Å²) in [5, 5.41) is 1.86. The minimum Gasteiger partial charge on any atom is -0.497 e. The van der Waals surface area contributed by atoms with Gasteiger partial charge in [0, 0.05) is 11.6 Å². The third-order valence-electron chi connectivity index (χ3n) is 2.41. The van der Waals surface area contributed by atoms with Crippen molar-refractivity contribution < 1.29 is 14.3 Å². The van der Waals surface area contributed by atoms with Crippen molar-refractivity contribution in [1.29, 1.82) is 0 Å². The number of esters is 1. The number of carbonyl (C=O) groups is 1. The molecule has 1 aromatic carbocycles. The zero-order valence-electron chi connectivity index (χ0n) is 9.77. The second kappa shape index (κ2) is 4.82. The summed E-state index contributed by atoms with van der Waals surface area (Å²) in [6, 6.07) is 7.32. The molecule has 0 bridgehead atoms. The second-order valence-corrected chi connectivity index (χ2v) is 3.50. The predicted molar refractivity (Wildman–Crippen MR) is 64.3 cm³/mol. The van der Waals surface area contributed by atoms with Crippen LogP contribution in [-0.4, -0.2) is 24.7 Å². The highest BCUT2D eigenvalue weighted by Gasteiger charge is 2.08. The normalized spacial score (nSPS) is 10.2. The van der Waals surface area contributed by atoms with Gasteiger partial charge >= 0.3 is 5.97 Å². The molecular weight excluding hydrogens is 218 g/mol. The van der Waals surface area contributed by atoms with E-state index in [-0.39, 0.29) is 0 Å². The smallest absolute Gasteiger partial charge is 0.356 e. The SMILES string of the molecule is CCOC(=O)c1cc2ccc(OC)cc2cn1. The van der Waals surface area contributed by atoms with E-state index in [1.807, 2.05) is 18.2 Å². The van der Waals surface area contributed by atoms with Crippen LogP contribution in [0.15, 0.2) is 30.5 Å².